The molecule has 0 saturated carbocycles. The molecular weight excluding hydrogens is 380 g/mol. The van der Waals surface area contributed by atoms with Crippen LogP contribution in [0, 0.1) is 6.92 Å². The Bertz CT molecular complexity index is 906. The zero-order chi connectivity index (χ0) is 18.8. The summed E-state index contributed by atoms with van der Waals surface area (Å²) in [5.74, 6) is -0.000257. The molecule has 0 aromatic heterocycles. The normalized spacial score (nSPS) is 12.8. The predicted octanol–water partition coefficient (Wildman–Crippen LogP) is -0.351. The van der Waals surface area contributed by atoms with E-state index in [1.807, 2.05) is 0 Å². The lowest BCUT2D eigenvalue weighted by molar-refractivity contribution is 0.491. The van der Waals surface area contributed by atoms with Gasteiger partial charge in [-0.2, -0.15) is 8.42 Å². The van der Waals surface area contributed by atoms with Crippen molar-refractivity contribution in [1.82, 2.24) is 4.72 Å². The molecule has 0 aliphatic rings. The van der Waals surface area contributed by atoms with Crippen LogP contribution in [0.4, 0.5) is 5.69 Å². The van der Waals surface area contributed by atoms with E-state index in [0.717, 1.165) is 23.1 Å². The first kappa shape index (κ1) is 20.7. The lowest BCUT2D eigenvalue weighted by atomic mass is 10.2. The SMILES string of the molecule is Cc1ccc(N(CCNS(C)(=O)=O)S(C)(=O)=O)cc1OS(C)(=O)=O. The molecule has 0 spiro atoms. The fraction of sp³-hybridized carbons (Fsp3) is 0.500. The molecule has 0 atom stereocenters. The van der Waals surface area contributed by atoms with Gasteiger partial charge in [0.2, 0.25) is 20.0 Å². The summed E-state index contributed by atoms with van der Waals surface area (Å²) in [7, 11) is -11.0. The van der Waals surface area contributed by atoms with Crippen molar-refractivity contribution in [2.24, 2.45) is 0 Å². The fourth-order valence-electron chi connectivity index (χ4n) is 1.82. The first-order chi connectivity index (χ1) is 10.7. The van der Waals surface area contributed by atoms with Gasteiger partial charge in [-0.25, -0.2) is 21.6 Å². The highest BCUT2D eigenvalue weighted by Crippen LogP contribution is 2.27. The Labute approximate surface area is 142 Å². The molecule has 1 rings (SSSR count). The summed E-state index contributed by atoms with van der Waals surface area (Å²) < 4.78 is 76.6. The molecule has 0 heterocycles. The van der Waals surface area contributed by atoms with Gasteiger partial charge in [-0.15, -0.1) is 0 Å². The van der Waals surface area contributed by atoms with Gasteiger partial charge in [0, 0.05) is 19.2 Å². The van der Waals surface area contributed by atoms with Crippen molar-refractivity contribution in [1.29, 1.82) is 0 Å². The second kappa shape index (κ2) is 7.25. The molecule has 0 unspecified atom stereocenters. The van der Waals surface area contributed by atoms with Crippen molar-refractivity contribution in [2.75, 3.05) is 36.2 Å². The third-order valence-corrected chi connectivity index (χ3v) is 5.19. The Balaban J connectivity index is 3.18. The minimum Gasteiger partial charge on any atom is -0.382 e. The monoisotopic (exact) mass is 400 g/mol. The molecule has 0 saturated heterocycles. The number of nitrogens with one attached hydrogen (secondary N) is 1. The molecule has 12 heteroatoms. The zero-order valence-corrected chi connectivity index (χ0v) is 16.1. The average molecular weight is 401 g/mol. The number of aryl methyl sites for hydroxylation is 1. The van der Waals surface area contributed by atoms with Crippen LogP contribution in [0.3, 0.4) is 0 Å². The van der Waals surface area contributed by atoms with Gasteiger partial charge in [0.1, 0.15) is 5.75 Å². The van der Waals surface area contributed by atoms with Crippen LogP contribution in [-0.2, 0) is 30.2 Å². The van der Waals surface area contributed by atoms with Gasteiger partial charge in [0.25, 0.3) is 0 Å². The Hall–Kier alpha value is -1.37. The highest BCUT2D eigenvalue weighted by molar-refractivity contribution is 7.92. The van der Waals surface area contributed by atoms with Crippen LogP contribution in [0.1, 0.15) is 5.56 Å². The molecule has 0 bridgehead atoms. The quantitative estimate of drug-likeness (QED) is 0.591. The highest BCUT2D eigenvalue weighted by Gasteiger charge is 2.19. The van der Waals surface area contributed by atoms with Crippen molar-refractivity contribution in [3.05, 3.63) is 23.8 Å². The topological polar surface area (TPSA) is 127 Å². The molecule has 0 aliphatic heterocycles. The Kier molecular flexibility index (Phi) is 6.25. The van der Waals surface area contributed by atoms with E-state index in [0.29, 0.717) is 5.56 Å². The van der Waals surface area contributed by atoms with E-state index in [2.05, 4.69) is 4.72 Å². The number of hydrogen-bond donors (Lipinski definition) is 1. The molecule has 1 N–H and O–H groups in total. The Morgan fingerprint density at radius 3 is 2.08 bits per heavy atom. The number of anilines is 1. The van der Waals surface area contributed by atoms with Crippen molar-refractivity contribution < 1.29 is 29.4 Å². The second-order valence-electron chi connectivity index (χ2n) is 5.24. The molecule has 0 fully saturated rings. The molecule has 0 amide bonds. The average Bonchev–Trinajstić information content (AvgIpc) is 2.33. The summed E-state index contributed by atoms with van der Waals surface area (Å²) in [4.78, 5) is 0. The first-order valence-electron chi connectivity index (χ1n) is 6.61. The van der Waals surface area contributed by atoms with Crippen LogP contribution in [-0.4, -0.2) is 57.1 Å². The standard InChI is InChI=1S/C12H20N2O7S3/c1-10-5-6-11(9-12(10)21-24(4,19)20)14(23(3,17)18)8-7-13-22(2,15)16/h5-6,9,13H,7-8H2,1-4H3. The van der Waals surface area contributed by atoms with Crippen LogP contribution < -0.4 is 13.2 Å². The maximum atomic E-state index is 12.0. The van der Waals surface area contributed by atoms with E-state index in [1.165, 1.54) is 18.2 Å². The van der Waals surface area contributed by atoms with E-state index in [9.17, 15) is 25.3 Å². The summed E-state index contributed by atoms with van der Waals surface area (Å²) in [5.41, 5.74) is 0.670. The number of benzene rings is 1. The molecule has 24 heavy (non-hydrogen) atoms. The summed E-state index contributed by atoms with van der Waals surface area (Å²) in [5, 5.41) is 0. The van der Waals surface area contributed by atoms with Crippen molar-refractivity contribution in [3.63, 3.8) is 0 Å². The second-order valence-corrected chi connectivity index (χ2v) is 10.6. The van der Waals surface area contributed by atoms with Gasteiger partial charge in [-0.3, -0.25) is 4.31 Å². The number of rotatable bonds is 8. The van der Waals surface area contributed by atoms with E-state index in [1.54, 1.807) is 6.92 Å². The van der Waals surface area contributed by atoms with Gasteiger partial charge >= 0.3 is 10.1 Å². The van der Waals surface area contributed by atoms with Crippen LogP contribution in [0.2, 0.25) is 0 Å². The zero-order valence-electron chi connectivity index (χ0n) is 13.7. The van der Waals surface area contributed by atoms with Crippen molar-refractivity contribution in [2.45, 2.75) is 6.92 Å². The Morgan fingerprint density at radius 2 is 1.62 bits per heavy atom. The van der Waals surface area contributed by atoms with Gasteiger partial charge < -0.3 is 4.18 Å². The minimum absolute atomic E-state index is 0.000257. The molecule has 9 nitrogen and oxygen atoms in total. The van der Waals surface area contributed by atoms with Crippen LogP contribution in [0.5, 0.6) is 5.75 Å². The van der Waals surface area contributed by atoms with Crippen molar-refractivity contribution >= 4 is 35.9 Å². The molecular formula is C12H20N2O7S3. The van der Waals surface area contributed by atoms with Crippen LogP contribution >= 0.6 is 0 Å². The molecule has 0 aliphatic carbocycles. The molecule has 138 valence electrons. The largest absolute Gasteiger partial charge is 0.382 e. The maximum Gasteiger partial charge on any atom is 0.306 e. The van der Waals surface area contributed by atoms with E-state index < -0.39 is 30.2 Å². The fourth-order valence-corrected chi connectivity index (χ4v) is 3.70. The van der Waals surface area contributed by atoms with Crippen LogP contribution in [0.25, 0.3) is 0 Å². The first-order valence-corrected chi connectivity index (χ1v) is 12.2. The summed E-state index contributed by atoms with van der Waals surface area (Å²) in [6.07, 6.45) is 2.80. The smallest absolute Gasteiger partial charge is 0.306 e. The predicted molar refractivity (Wildman–Crippen MR) is 91.7 cm³/mol. The molecule has 1 aromatic carbocycles. The van der Waals surface area contributed by atoms with E-state index in [-0.39, 0.29) is 24.5 Å². The van der Waals surface area contributed by atoms with E-state index >= 15 is 0 Å². The third kappa shape index (κ3) is 7.03. The molecule has 0 radical (unpaired) electrons. The van der Waals surface area contributed by atoms with Gasteiger partial charge in [0.05, 0.1) is 24.5 Å². The summed E-state index contributed by atoms with van der Waals surface area (Å²) in [6, 6.07) is 4.27. The van der Waals surface area contributed by atoms with Gasteiger partial charge in [-0.05, 0) is 18.6 Å². The van der Waals surface area contributed by atoms with Gasteiger partial charge in [0.15, 0.2) is 0 Å². The van der Waals surface area contributed by atoms with Crippen molar-refractivity contribution in [3.8, 4) is 5.75 Å². The highest BCUT2D eigenvalue weighted by atomic mass is 32.2. The maximum absolute atomic E-state index is 12.0. The Morgan fingerprint density at radius 1 is 1.04 bits per heavy atom. The summed E-state index contributed by atoms with van der Waals surface area (Å²) >= 11 is 0. The minimum atomic E-state index is -3.77. The lowest BCUT2D eigenvalue weighted by Gasteiger charge is -2.23. The number of nitrogens with zero attached hydrogens (tertiary/aromatic N) is 1. The number of sulfonamides is 2. The summed E-state index contributed by atoms with van der Waals surface area (Å²) in [6.45, 7) is 1.32. The van der Waals surface area contributed by atoms with Gasteiger partial charge in [-0.1, -0.05) is 6.07 Å². The molecule has 1 aromatic rings. The third-order valence-electron chi connectivity index (χ3n) is 2.78. The van der Waals surface area contributed by atoms with E-state index in [4.69, 9.17) is 4.18 Å². The van der Waals surface area contributed by atoms with Crippen LogP contribution in [0.15, 0.2) is 18.2 Å². The lowest BCUT2D eigenvalue weighted by Crippen LogP contribution is -2.37. The number of hydrogen-bond acceptors (Lipinski definition) is 7.